The molecule has 8 heteroatoms. The molecule has 0 fully saturated rings. The summed E-state index contributed by atoms with van der Waals surface area (Å²) in [5, 5.41) is 3.22. The zero-order valence-corrected chi connectivity index (χ0v) is 17.1. The second-order valence-corrected chi connectivity index (χ2v) is 7.18. The summed E-state index contributed by atoms with van der Waals surface area (Å²) in [5.74, 6) is 0.0575. The zero-order valence-electron chi connectivity index (χ0n) is 14.0. The minimum atomic E-state index is -0.431. The van der Waals surface area contributed by atoms with E-state index in [0.717, 1.165) is 10.2 Å². The monoisotopic (exact) mass is 458 g/mol. The predicted octanol–water partition coefficient (Wildman–Crippen LogP) is 4.02. The first-order chi connectivity index (χ1) is 12.4. The van der Waals surface area contributed by atoms with Crippen LogP contribution in [0.2, 0.25) is 10.0 Å². The maximum atomic E-state index is 12.1. The Labute approximate surface area is 170 Å². The van der Waals surface area contributed by atoms with Crippen LogP contribution in [-0.2, 0) is 4.79 Å². The van der Waals surface area contributed by atoms with E-state index < -0.39 is 5.91 Å². The van der Waals surface area contributed by atoms with E-state index in [9.17, 15) is 9.59 Å². The van der Waals surface area contributed by atoms with Crippen molar-refractivity contribution in [1.82, 2.24) is 10.2 Å². The number of amides is 2. The zero-order chi connectivity index (χ0) is 19.1. The van der Waals surface area contributed by atoms with Gasteiger partial charge in [-0.3, -0.25) is 9.59 Å². The number of hydrogen-bond acceptors (Lipinski definition) is 3. The molecule has 0 unspecified atom stereocenters. The van der Waals surface area contributed by atoms with Gasteiger partial charge >= 0.3 is 0 Å². The lowest BCUT2D eigenvalue weighted by Crippen LogP contribution is -2.39. The van der Waals surface area contributed by atoms with Gasteiger partial charge in [0, 0.05) is 16.5 Å². The number of ether oxygens (including phenoxy) is 1. The van der Waals surface area contributed by atoms with Crippen molar-refractivity contribution < 1.29 is 14.3 Å². The van der Waals surface area contributed by atoms with Crippen molar-refractivity contribution in [2.45, 2.75) is 0 Å². The van der Waals surface area contributed by atoms with Gasteiger partial charge in [-0.1, -0.05) is 39.1 Å². The van der Waals surface area contributed by atoms with Crippen LogP contribution in [0.3, 0.4) is 0 Å². The highest BCUT2D eigenvalue weighted by Gasteiger charge is 2.14. The largest absolute Gasteiger partial charge is 0.492 e. The Balaban J connectivity index is 1.76. The van der Waals surface area contributed by atoms with E-state index in [2.05, 4.69) is 21.2 Å². The molecule has 1 N–H and O–H groups in total. The SMILES string of the molecule is CN(CCOc1ccc(Br)cc1)C(=O)CNC(=O)c1ccc(Cl)cc1Cl. The molecule has 138 valence electrons. The van der Waals surface area contributed by atoms with E-state index in [-0.39, 0.29) is 23.0 Å². The third kappa shape index (κ3) is 6.20. The Morgan fingerprint density at radius 1 is 1.15 bits per heavy atom. The van der Waals surface area contributed by atoms with Gasteiger partial charge in [0.2, 0.25) is 5.91 Å². The first-order valence-electron chi connectivity index (χ1n) is 7.72. The number of benzene rings is 2. The normalized spacial score (nSPS) is 10.3. The van der Waals surface area contributed by atoms with Gasteiger partial charge < -0.3 is 15.0 Å². The summed E-state index contributed by atoms with van der Waals surface area (Å²) in [6.07, 6.45) is 0. The van der Waals surface area contributed by atoms with E-state index in [0.29, 0.717) is 18.2 Å². The summed E-state index contributed by atoms with van der Waals surface area (Å²) in [5.41, 5.74) is 0.269. The van der Waals surface area contributed by atoms with Crippen molar-refractivity contribution in [1.29, 1.82) is 0 Å². The summed E-state index contributed by atoms with van der Waals surface area (Å²) < 4.78 is 6.54. The number of carbonyl (C=O) groups excluding carboxylic acids is 2. The molecule has 0 aromatic heterocycles. The third-order valence-corrected chi connectivity index (χ3v) is 4.59. The number of nitrogens with zero attached hydrogens (tertiary/aromatic N) is 1. The van der Waals surface area contributed by atoms with Gasteiger partial charge in [0.25, 0.3) is 5.91 Å². The van der Waals surface area contributed by atoms with Gasteiger partial charge in [0.15, 0.2) is 0 Å². The molecule has 26 heavy (non-hydrogen) atoms. The molecule has 0 saturated heterocycles. The van der Waals surface area contributed by atoms with Crippen LogP contribution in [0.15, 0.2) is 46.9 Å². The van der Waals surface area contributed by atoms with Crippen LogP contribution in [0.1, 0.15) is 10.4 Å². The molecule has 0 aliphatic rings. The Morgan fingerprint density at radius 2 is 1.85 bits per heavy atom. The van der Waals surface area contributed by atoms with Crippen LogP contribution < -0.4 is 10.1 Å². The lowest BCUT2D eigenvalue weighted by molar-refractivity contribution is -0.129. The van der Waals surface area contributed by atoms with E-state index in [4.69, 9.17) is 27.9 Å². The predicted molar refractivity (Wildman–Crippen MR) is 106 cm³/mol. The van der Waals surface area contributed by atoms with Crippen LogP contribution in [0.5, 0.6) is 5.75 Å². The Hall–Kier alpha value is -1.76. The molecule has 2 aromatic carbocycles. The van der Waals surface area contributed by atoms with Gasteiger partial charge in [-0.05, 0) is 42.5 Å². The lowest BCUT2D eigenvalue weighted by Gasteiger charge is -2.18. The van der Waals surface area contributed by atoms with Crippen molar-refractivity contribution >= 4 is 50.9 Å². The highest BCUT2D eigenvalue weighted by Crippen LogP contribution is 2.20. The topological polar surface area (TPSA) is 58.6 Å². The van der Waals surface area contributed by atoms with Gasteiger partial charge in [-0.2, -0.15) is 0 Å². The minimum Gasteiger partial charge on any atom is -0.492 e. The average Bonchev–Trinajstić information content (AvgIpc) is 2.61. The fourth-order valence-electron chi connectivity index (χ4n) is 2.02. The molecular weight excluding hydrogens is 443 g/mol. The molecular formula is C18H17BrCl2N2O3. The van der Waals surface area contributed by atoms with Gasteiger partial charge in [-0.25, -0.2) is 0 Å². The van der Waals surface area contributed by atoms with Crippen molar-refractivity contribution in [3.05, 3.63) is 62.5 Å². The molecule has 0 aliphatic carbocycles. The van der Waals surface area contributed by atoms with Crippen molar-refractivity contribution in [3.63, 3.8) is 0 Å². The summed E-state index contributed by atoms with van der Waals surface area (Å²) in [4.78, 5) is 25.7. The van der Waals surface area contributed by atoms with Gasteiger partial charge in [0.1, 0.15) is 12.4 Å². The highest BCUT2D eigenvalue weighted by molar-refractivity contribution is 9.10. The number of nitrogens with one attached hydrogen (secondary N) is 1. The fourth-order valence-corrected chi connectivity index (χ4v) is 2.77. The molecule has 0 saturated carbocycles. The minimum absolute atomic E-state index is 0.132. The summed E-state index contributed by atoms with van der Waals surface area (Å²) in [6.45, 7) is 0.611. The fraction of sp³-hybridized carbons (Fsp3) is 0.222. The van der Waals surface area contributed by atoms with Crippen LogP contribution in [-0.4, -0.2) is 43.5 Å². The van der Waals surface area contributed by atoms with Crippen LogP contribution >= 0.6 is 39.1 Å². The van der Waals surface area contributed by atoms with Crippen molar-refractivity contribution in [2.75, 3.05) is 26.7 Å². The average molecular weight is 460 g/mol. The second kappa shape index (κ2) is 9.80. The Morgan fingerprint density at radius 3 is 2.50 bits per heavy atom. The van der Waals surface area contributed by atoms with Gasteiger partial charge in [0.05, 0.1) is 23.7 Å². The maximum Gasteiger partial charge on any atom is 0.253 e. The quantitative estimate of drug-likeness (QED) is 0.680. The highest BCUT2D eigenvalue weighted by atomic mass is 79.9. The van der Waals surface area contributed by atoms with Crippen LogP contribution in [0.4, 0.5) is 0 Å². The molecule has 0 atom stereocenters. The van der Waals surface area contributed by atoms with E-state index in [1.807, 2.05) is 24.3 Å². The Kier molecular flexibility index (Phi) is 7.75. The van der Waals surface area contributed by atoms with E-state index >= 15 is 0 Å². The number of halogens is 3. The molecule has 2 amide bonds. The van der Waals surface area contributed by atoms with Crippen molar-refractivity contribution in [2.24, 2.45) is 0 Å². The molecule has 0 spiro atoms. The van der Waals surface area contributed by atoms with E-state index in [1.165, 1.54) is 17.0 Å². The van der Waals surface area contributed by atoms with E-state index in [1.54, 1.807) is 13.1 Å². The smallest absolute Gasteiger partial charge is 0.253 e. The molecule has 5 nitrogen and oxygen atoms in total. The number of carbonyl (C=O) groups is 2. The summed E-state index contributed by atoms with van der Waals surface area (Å²) in [6, 6.07) is 12.0. The molecule has 0 bridgehead atoms. The first kappa shape index (κ1) is 20.6. The van der Waals surface area contributed by atoms with Crippen molar-refractivity contribution in [3.8, 4) is 5.75 Å². The summed E-state index contributed by atoms with van der Waals surface area (Å²) >= 11 is 15.1. The number of likely N-dealkylation sites (N-methyl/N-ethyl adjacent to an activating group) is 1. The molecule has 2 rings (SSSR count). The Bertz CT molecular complexity index is 785. The molecule has 2 aromatic rings. The van der Waals surface area contributed by atoms with Gasteiger partial charge in [-0.15, -0.1) is 0 Å². The molecule has 0 heterocycles. The first-order valence-corrected chi connectivity index (χ1v) is 9.27. The number of hydrogen-bond donors (Lipinski definition) is 1. The lowest BCUT2D eigenvalue weighted by atomic mass is 10.2. The molecule has 0 aliphatic heterocycles. The number of rotatable bonds is 7. The standard InChI is InChI=1S/C18H17BrCl2N2O3/c1-23(8-9-26-14-5-2-12(19)3-6-14)17(24)11-22-18(25)15-7-4-13(20)10-16(15)21/h2-7,10H,8-9,11H2,1H3,(H,22,25). The van der Waals surface area contributed by atoms with Crippen LogP contribution in [0.25, 0.3) is 0 Å². The summed E-state index contributed by atoms with van der Waals surface area (Å²) in [7, 11) is 1.65. The van der Waals surface area contributed by atoms with Crippen LogP contribution in [0, 0.1) is 0 Å². The molecule has 0 radical (unpaired) electrons. The maximum absolute atomic E-state index is 12.1. The third-order valence-electron chi connectivity index (χ3n) is 3.51. The second-order valence-electron chi connectivity index (χ2n) is 5.42.